The number of hydrogen-bond acceptors (Lipinski definition) is 8. The molecule has 3 aromatic carbocycles. The van der Waals surface area contributed by atoms with Crippen LogP contribution in [0.15, 0.2) is 98.6 Å². The molecule has 0 radical (unpaired) electrons. The van der Waals surface area contributed by atoms with E-state index in [1.807, 2.05) is 61.5 Å². The first-order chi connectivity index (χ1) is 20.8. The first-order valence-corrected chi connectivity index (χ1v) is 14.7. The Kier molecular flexibility index (Phi) is 9.76. The Bertz CT molecular complexity index is 1690. The molecule has 220 valence electrons. The van der Waals surface area contributed by atoms with Crippen molar-refractivity contribution in [3.8, 4) is 11.5 Å². The first-order valence-electron chi connectivity index (χ1n) is 13.2. The van der Waals surface area contributed by atoms with E-state index in [0.29, 0.717) is 37.4 Å². The largest absolute Gasteiger partial charge is 0.493 e. The highest BCUT2D eigenvalue weighted by Crippen LogP contribution is 2.36. The van der Waals surface area contributed by atoms with Crippen LogP contribution in [0.4, 0.5) is 5.69 Å². The lowest BCUT2D eigenvalue weighted by Gasteiger charge is -2.13. The minimum atomic E-state index is -0.206. The molecule has 1 fully saturated rings. The van der Waals surface area contributed by atoms with Gasteiger partial charge in [0.15, 0.2) is 16.7 Å². The number of carbonyl (C=O) groups is 1. The van der Waals surface area contributed by atoms with Gasteiger partial charge >= 0.3 is 0 Å². The number of thioether (sulfide) groups is 1. The second kappa shape index (κ2) is 13.9. The second-order valence-electron chi connectivity index (χ2n) is 9.63. The van der Waals surface area contributed by atoms with Crippen LogP contribution >= 0.6 is 35.0 Å². The number of carbonyl (C=O) groups excluding carboxylic acids is 1. The fraction of sp³-hybridized carbons (Fsp3) is 0.156. The van der Waals surface area contributed by atoms with Crippen LogP contribution in [0.2, 0.25) is 10.0 Å². The Hall–Kier alpha value is -4.18. The quantitative estimate of drug-likeness (QED) is 0.101. The van der Waals surface area contributed by atoms with Crippen molar-refractivity contribution in [3.05, 3.63) is 116 Å². The fourth-order valence-corrected chi connectivity index (χ4v) is 5.52. The summed E-state index contributed by atoms with van der Waals surface area (Å²) >= 11 is 13.5. The van der Waals surface area contributed by atoms with Crippen LogP contribution in [0.5, 0.6) is 11.5 Å². The van der Waals surface area contributed by atoms with Crippen LogP contribution in [0, 0.1) is 0 Å². The monoisotopic (exact) mass is 634 g/mol. The van der Waals surface area contributed by atoms with Crippen molar-refractivity contribution in [1.82, 2.24) is 4.90 Å². The second-order valence-corrected chi connectivity index (χ2v) is 11.5. The van der Waals surface area contributed by atoms with Crippen molar-refractivity contribution in [3.63, 3.8) is 0 Å². The smallest absolute Gasteiger partial charge is 0.267 e. The van der Waals surface area contributed by atoms with Crippen LogP contribution in [-0.2, 0) is 17.9 Å². The number of nitrogens with zero attached hydrogens (tertiary/aromatic N) is 4. The van der Waals surface area contributed by atoms with Crippen LogP contribution < -0.4 is 14.4 Å². The Balaban J connectivity index is 1.36. The maximum absolute atomic E-state index is 13.5. The number of furan rings is 1. The topological polar surface area (TPSA) is 79.9 Å². The predicted octanol–water partition coefficient (Wildman–Crippen LogP) is 7.75. The average Bonchev–Trinajstić information content (AvgIpc) is 3.61. The van der Waals surface area contributed by atoms with E-state index in [1.165, 1.54) is 11.8 Å². The summed E-state index contributed by atoms with van der Waals surface area (Å²) in [6.45, 7) is 0.467. The van der Waals surface area contributed by atoms with Gasteiger partial charge in [0.1, 0.15) is 12.4 Å². The molecule has 1 amide bonds. The van der Waals surface area contributed by atoms with Crippen molar-refractivity contribution >= 4 is 64.0 Å². The molecule has 1 saturated heterocycles. The normalized spacial score (nSPS) is 15.2. The molecule has 0 saturated carbocycles. The minimum absolute atomic E-state index is 0.206. The summed E-state index contributed by atoms with van der Waals surface area (Å²) in [5.41, 5.74) is 3.53. The number of anilines is 1. The lowest BCUT2D eigenvalue weighted by molar-refractivity contribution is -0.122. The molecule has 0 spiro atoms. The van der Waals surface area contributed by atoms with Crippen molar-refractivity contribution in [1.29, 1.82) is 0 Å². The molecule has 0 atom stereocenters. The molecule has 0 N–H and O–H groups in total. The number of amidine groups is 1. The third kappa shape index (κ3) is 7.62. The maximum Gasteiger partial charge on any atom is 0.267 e. The summed E-state index contributed by atoms with van der Waals surface area (Å²) in [5.74, 6) is 1.48. The van der Waals surface area contributed by atoms with E-state index in [9.17, 15) is 4.79 Å². The third-order valence-corrected chi connectivity index (χ3v) is 8.01. The zero-order valence-electron chi connectivity index (χ0n) is 23.7. The van der Waals surface area contributed by atoms with Gasteiger partial charge in [0.2, 0.25) is 0 Å². The van der Waals surface area contributed by atoms with Gasteiger partial charge in [-0.3, -0.25) is 9.69 Å². The number of rotatable bonds is 10. The van der Waals surface area contributed by atoms with Crippen LogP contribution in [-0.4, -0.2) is 43.4 Å². The van der Waals surface area contributed by atoms with Gasteiger partial charge in [-0.2, -0.15) is 5.10 Å². The van der Waals surface area contributed by atoms with E-state index >= 15 is 0 Å². The molecule has 2 heterocycles. The summed E-state index contributed by atoms with van der Waals surface area (Å²) < 4.78 is 17.0. The molecular weight excluding hydrogens is 607 g/mol. The Labute approximate surface area is 264 Å². The van der Waals surface area contributed by atoms with Crippen LogP contribution in [0.3, 0.4) is 0 Å². The van der Waals surface area contributed by atoms with Gasteiger partial charge in [-0.15, -0.1) is 5.10 Å². The molecule has 11 heteroatoms. The van der Waals surface area contributed by atoms with Gasteiger partial charge in [-0.05, 0) is 77.5 Å². The van der Waals surface area contributed by atoms with Gasteiger partial charge in [0.05, 0.1) is 31.0 Å². The van der Waals surface area contributed by atoms with E-state index in [2.05, 4.69) is 10.2 Å². The zero-order valence-corrected chi connectivity index (χ0v) is 26.0. The van der Waals surface area contributed by atoms with E-state index in [0.717, 1.165) is 22.4 Å². The van der Waals surface area contributed by atoms with E-state index < -0.39 is 0 Å². The molecule has 8 nitrogen and oxygen atoms in total. The Morgan fingerprint density at radius 3 is 2.49 bits per heavy atom. The maximum atomic E-state index is 13.5. The number of halogens is 2. The summed E-state index contributed by atoms with van der Waals surface area (Å²) in [6, 6.07) is 22.2. The molecule has 0 unspecified atom stereocenters. The minimum Gasteiger partial charge on any atom is -0.493 e. The molecule has 0 aliphatic carbocycles. The molecular formula is C32H28Cl2N4O4S. The van der Waals surface area contributed by atoms with Crippen LogP contribution in [0.25, 0.3) is 6.08 Å². The zero-order chi connectivity index (χ0) is 30.3. The summed E-state index contributed by atoms with van der Waals surface area (Å²) in [6.07, 6.45) is 5.02. The van der Waals surface area contributed by atoms with Gasteiger partial charge in [-0.25, -0.2) is 0 Å². The Morgan fingerprint density at radius 1 is 1.00 bits per heavy atom. The standard InChI is InChI=1S/C32H28Cl2N4O4S/c1-37(2)25-11-6-21(7-12-25)18-35-36-32-38(19-26-5-4-14-41-26)31(39)30(43-32)16-22-8-13-28(29(15-22)40-3)42-20-23-9-10-24(33)17-27(23)34/h4-18H,19-20H2,1-3H3/b30-16-,35-18-,36-32+. The molecule has 0 bridgehead atoms. The van der Waals surface area contributed by atoms with Crippen molar-refractivity contribution < 1.29 is 18.7 Å². The third-order valence-electron chi connectivity index (χ3n) is 6.43. The van der Waals surface area contributed by atoms with Gasteiger partial charge in [-0.1, -0.05) is 47.5 Å². The SMILES string of the molecule is COc1cc(/C=C2\S/C(=N/N=C\c3ccc(N(C)C)cc3)N(Cc3ccco3)C2=O)ccc1OCc1ccc(Cl)cc1Cl. The summed E-state index contributed by atoms with van der Waals surface area (Å²) in [5, 5.41) is 10.2. The summed E-state index contributed by atoms with van der Waals surface area (Å²) in [7, 11) is 5.53. The number of ether oxygens (including phenoxy) is 2. The van der Waals surface area contributed by atoms with Crippen LogP contribution in [0.1, 0.15) is 22.5 Å². The highest BCUT2D eigenvalue weighted by atomic mass is 35.5. The number of methoxy groups -OCH3 is 1. The molecule has 5 rings (SSSR count). The van der Waals surface area contributed by atoms with E-state index in [-0.39, 0.29) is 19.1 Å². The van der Waals surface area contributed by atoms with Gasteiger partial charge in [0.25, 0.3) is 5.91 Å². The number of hydrogen-bond donors (Lipinski definition) is 0. The molecule has 1 aromatic heterocycles. The molecule has 1 aliphatic rings. The summed E-state index contributed by atoms with van der Waals surface area (Å²) in [4.78, 5) is 17.6. The molecule has 1 aliphatic heterocycles. The highest BCUT2D eigenvalue weighted by Gasteiger charge is 2.34. The Morgan fingerprint density at radius 2 is 1.79 bits per heavy atom. The highest BCUT2D eigenvalue weighted by molar-refractivity contribution is 8.18. The van der Waals surface area contributed by atoms with Gasteiger partial charge in [0, 0.05) is 35.4 Å². The van der Waals surface area contributed by atoms with Crippen molar-refractivity contribution in [2.75, 3.05) is 26.1 Å². The van der Waals surface area contributed by atoms with E-state index in [4.69, 9.17) is 37.1 Å². The number of amides is 1. The number of benzene rings is 3. The molecule has 4 aromatic rings. The molecule has 43 heavy (non-hydrogen) atoms. The van der Waals surface area contributed by atoms with Crippen molar-refractivity contribution in [2.45, 2.75) is 13.2 Å². The predicted molar refractivity (Wildman–Crippen MR) is 174 cm³/mol. The lowest BCUT2D eigenvalue weighted by atomic mass is 10.1. The van der Waals surface area contributed by atoms with Gasteiger partial charge < -0.3 is 18.8 Å². The first kappa shape index (κ1) is 30.3. The lowest BCUT2D eigenvalue weighted by Crippen LogP contribution is -2.28. The van der Waals surface area contributed by atoms with Crippen molar-refractivity contribution in [2.24, 2.45) is 10.2 Å². The fourth-order valence-electron chi connectivity index (χ4n) is 4.12. The van der Waals surface area contributed by atoms with E-state index in [1.54, 1.807) is 60.9 Å². The average molecular weight is 636 g/mol.